The Hall–Kier alpha value is -1.63. The topological polar surface area (TPSA) is 102 Å². The molecule has 1 aromatic rings. The van der Waals surface area contributed by atoms with Crippen molar-refractivity contribution in [2.75, 3.05) is 22.6 Å². The van der Waals surface area contributed by atoms with Crippen molar-refractivity contribution in [3.05, 3.63) is 18.5 Å². The monoisotopic (exact) mass is 255 g/mol. The van der Waals surface area contributed by atoms with Gasteiger partial charge in [-0.1, -0.05) is 0 Å². The van der Waals surface area contributed by atoms with Gasteiger partial charge in [0.15, 0.2) is 9.84 Å². The van der Waals surface area contributed by atoms with Crippen molar-refractivity contribution < 1.29 is 13.2 Å². The summed E-state index contributed by atoms with van der Waals surface area (Å²) in [5.41, 5.74) is 6.45. The molecule has 0 radical (unpaired) electrons. The van der Waals surface area contributed by atoms with Gasteiger partial charge in [-0.15, -0.1) is 0 Å². The summed E-state index contributed by atoms with van der Waals surface area (Å²) < 4.78 is 22.5. The number of carbonyl (C=O) groups excluding carboxylic acids is 1. The Balaban J connectivity index is 2.06. The number of nitrogens with two attached hydrogens (primary N) is 1. The lowest BCUT2D eigenvalue weighted by Gasteiger charge is -2.10. The predicted molar refractivity (Wildman–Crippen MR) is 64.0 cm³/mol. The van der Waals surface area contributed by atoms with Crippen LogP contribution in [-0.4, -0.2) is 30.8 Å². The number of nitrogen functional groups attached to an aromatic ring is 1. The second-order valence-corrected chi connectivity index (χ2v) is 6.28. The first-order valence-electron chi connectivity index (χ1n) is 5.19. The standard InChI is InChI=1S/C10H13N3O3S/c11-8-5-12-3-1-9(8)13-10(14)7-2-4-17(15,16)6-7/h1,3,5,7H,2,4,6,11H2,(H,12,13,14). The highest BCUT2D eigenvalue weighted by molar-refractivity contribution is 7.91. The molecule has 1 unspecified atom stereocenters. The van der Waals surface area contributed by atoms with E-state index in [9.17, 15) is 13.2 Å². The van der Waals surface area contributed by atoms with E-state index in [2.05, 4.69) is 10.3 Å². The predicted octanol–water partition coefficient (Wildman–Crippen LogP) is 0.0370. The van der Waals surface area contributed by atoms with Gasteiger partial charge in [0.2, 0.25) is 5.91 Å². The van der Waals surface area contributed by atoms with Crippen molar-refractivity contribution in [2.24, 2.45) is 5.92 Å². The van der Waals surface area contributed by atoms with Gasteiger partial charge in [-0.05, 0) is 12.5 Å². The minimum absolute atomic E-state index is 0.0795. The molecule has 0 aromatic carbocycles. The summed E-state index contributed by atoms with van der Waals surface area (Å²) in [6.07, 6.45) is 3.32. The van der Waals surface area contributed by atoms with Crippen molar-refractivity contribution >= 4 is 27.1 Å². The quantitative estimate of drug-likeness (QED) is 0.776. The smallest absolute Gasteiger partial charge is 0.228 e. The Labute approximate surface area is 99.1 Å². The minimum atomic E-state index is -3.05. The second kappa shape index (κ2) is 4.33. The van der Waals surface area contributed by atoms with Crippen molar-refractivity contribution in [3.63, 3.8) is 0 Å². The molecule has 2 heterocycles. The average molecular weight is 255 g/mol. The number of sulfone groups is 1. The van der Waals surface area contributed by atoms with Gasteiger partial charge >= 0.3 is 0 Å². The summed E-state index contributed by atoms with van der Waals surface area (Å²) in [5, 5.41) is 2.62. The second-order valence-electron chi connectivity index (χ2n) is 4.05. The molecule has 0 spiro atoms. The third-order valence-corrected chi connectivity index (χ3v) is 4.48. The Morgan fingerprint density at radius 2 is 2.29 bits per heavy atom. The van der Waals surface area contributed by atoms with E-state index in [4.69, 9.17) is 5.73 Å². The molecule has 1 aromatic heterocycles. The Morgan fingerprint density at radius 3 is 2.88 bits per heavy atom. The molecule has 2 rings (SSSR count). The maximum Gasteiger partial charge on any atom is 0.228 e. The largest absolute Gasteiger partial charge is 0.396 e. The summed E-state index contributed by atoms with van der Waals surface area (Å²) in [4.78, 5) is 15.6. The molecule has 0 saturated carbocycles. The van der Waals surface area contributed by atoms with Gasteiger partial charge in [-0.25, -0.2) is 8.42 Å². The van der Waals surface area contributed by atoms with E-state index in [0.29, 0.717) is 17.8 Å². The van der Waals surface area contributed by atoms with E-state index in [1.165, 1.54) is 12.4 Å². The average Bonchev–Trinajstić information content (AvgIpc) is 2.62. The summed E-state index contributed by atoms with van der Waals surface area (Å²) in [6, 6.07) is 1.58. The number of hydrogen-bond acceptors (Lipinski definition) is 5. The normalized spacial score (nSPS) is 22.2. The van der Waals surface area contributed by atoms with Gasteiger partial charge in [-0.2, -0.15) is 0 Å². The molecular formula is C10H13N3O3S. The molecule has 1 fully saturated rings. The van der Waals surface area contributed by atoms with Crippen LogP contribution in [0.25, 0.3) is 0 Å². The number of amides is 1. The van der Waals surface area contributed by atoms with Crippen LogP contribution in [0.5, 0.6) is 0 Å². The summed E-state index contributed by atoms with van der Waals surface area (Å²) >= 11 is 0. The molecule has 1 atom stereocenters. The Bertz CT molecular complexity index is 541. The molecule has 1 amide bonds. The van der Waals surface area contributed by atoms with E-state index < -0.39 is 15.8 Å². The SMILES string of the molecule is Nc1cnccc1NC(=O)C1CCS(=O)(=O)C1. The maximum atomic E-state index is 11.8. The van der Waals surface area contributed by atoms with Gasteiger partial charge < -0.3 is 11.1 Å². The van der Waals surface area contributed by atoms with Crippen LogP contribution in [0, 0.1) is 5.92 Å². The molecule has 3 N–H and O–H groups in total. The van der Waals surface area contributed by atoms with Crippen LogP contribution in [0.2, 0.25) is 0 Å². The molecule has 1 aliphatic heterocycles. The van der Waals surface area contributed by atoms with E-state index in [1.807, 2.05) is 0 Å². The summed E-state index contributed by atoms with van der Waals surface area (Å²) in [7, 11) is -3.05. The minimum Gasteiger partial charge on any atom is -0.396 e. The number of anilines is 2. The van der Waals surface area contributed by atoms with Crippen LogP contribution in [0.4, 0.5) is 11.4 Å². The highest BCUT2D eigenvalue weighted by atomic mass is 32.2. The molecule has 1 aliphatic rings. The molecule has 6 nitrogen and oxygen atoms in total. The van der Waals surface area contributed by atoms with Gasteiger partial charge in [0, 0.05) is 6.20 Å². The van der Waals surface area contributed by atoms with Crippen molar-refractivity contribution in [1.82, 2.24) is 4.98 Å². The van der Waals surface area contributed by atoms with Crippen LogP contribution in [0.1, 0.15) is 6.42 Å². The molecular weight excluding hydrogens is 242 g/mol. The highest BCUT2D eigenvalue weighted by Gasteiger charge is 2.33. The van der Waals surface area contributed by atoms with Gasteiger partial charge in [0.05, 0.1) is 35.0 Å². The fourth-order valence-corrected chi connectivity index (χ4v) is 3.50. The fourth-order valence-electron chi connectivity index (χ4n) is 1.76. The Morgan fingerprint density at radius 1 is 1.53 bits per heavy atom. The molecule has 0 aliphatic carbocycles. The lowest BCUT2D eigenvalue weighted by Crippen LogP contribution is -2.24. The number of nitrogens with one attached hydrogen (secondary N) is 1. The third kappa shape index (κ3) is 2.73. The van der Waals surface area contributed by atoms with Crippen LogP contribution in [0.15, 0.2) is 18.5 Å². The number of rotatable bonds is 2. The number of hydrogen-bond donors (Lipinski definition) is 2. The van der Waals surface area contributed by atoms with Gasteiger partial charge in [-0.3, -0.25) is 9.78 Å². The molecule has 0 bridgehead atoms. The third-order valence-electron chi connectivity index (χ3n) is 2.71. The summed E-state index contributed by atoms with van der Waals surface area (Å²) in [6.45, 7) is 0. The molecule has 7 heteroatoms. The number of nitrogens with zero attached hydrogens (tertiary/aromatic N) is 1. The first-order chi connectivity index (χ1) is 7.98. The molecule has 92 valence electrons. The van der Waals surface area contributed by atoms with E-state index in [1.54, 1.807) is 6.07 Å². The lowest BCUT2D eigenvalue weighted by atomic mass is 10.1. The zero-order valence-corrected chi connectivity index (χ0v) is 9.90. The Kier molecular flexibility index (Phi) is 3.01. The zero-order chi connectivity index (χ0) is 12.5. The first-order valence-corrected chi connectivity index (χ1v) is 7.01. The lowest BCUT2D eigenvalue weighted by molar-refractivity contribution is -0.119. The van der Waals surface area contributed by atoms with Crippen molar-refractivity contribution in [3.8, 4) is 0 Å². The van der Waals surface area contributed by atoms with Crippen LogP contribution < -0.4 is 11.1 Å². The number of carbonyl (C=O) groups is 1. The van der Waals surface area contributed by atoms with Crippen molar-refractivity contribution in [1.29, 1.82) is 0 Å². The number of pyridine rings is 1. The van der Waals surface area contributed by atoms with Gasteiger partial charge in [0.1, 0.15) is 0 Å². The molecule has 1 saturated heterocycles. The fraction of sp³-hybridized carbons (Fsp3) is 0.400. The van der Waals surface area contributed by atoms with Crippen LogP contribution >= 0.6 is 0 Å². The number of aromatic nitrogens is 1. The molecule has 17 heavy (non-hydrogen) atoms. The van der Waals surface area contributed by atoms with E-state index in [-0.39, 0.29) is 17.4 Å². The highest BCUT2D eigenvalue weighted by Crippen LogP contribution is 2.22. The summed E-state index contributed by atoms with van der Waals surface area (Å²) in [5.74, 6) is -0.780. The van der Waals surface area contributed by atoms with Crippen LogP contribution in [0.3, 0.4) is 0 Å². The zero-order valence-electron chi connectivity index (χ0n) is 9.09. The first kappa shape index (κ1) is 11.8. The van der Waals surface area contributed by atoms with E-state index in [0.717, 1.165) is 0 Å². The van der Waals surface area contributed by atoms with E-state index >= 15 is 0 Å². The van der Waals surface area contributed by atoms with Crippen molar-refractivity contribution in [2.45, 2.75) is 6.42 Å². The van der Waals surface area contributed by atoms with Crippen LogP contribution in [-0.2, 0) is 14.6 Å². The van der Waals surface area contributed by atoms with Gasteiger partial charge in [0.25, 0.3) is 0 Å². The maximum absolute atomic E-state index is 11.8.